The normalized spacial score (nSPS) is 13.3. The molecule has 3 rings (SSSR count). The summed E-state index contributed by atoms with van der Waals surface area (Å²) in [5.74, 6) is 2.21. The number of rotatable bonds is 8. The lowest BCUT2D eigenvalue weighted by molar-refractivity contribution is 0.171. The van der Waals surface area contributed by atoms with E-state index in [0.29, 0.717) is 49.4 Å². The van der Waals surface area contributed by atoms with Gasteiger partial charge >= 0.3 is 0 Å². The van der Waals surface area contributed by atoms with Crippen molar-refractivity contribution in [2.45, 2.75) is 25.3 Å². The molecule has 8 heteroatoms. The summed E-state index contributed by atoms with van der Waals surface area (Å²) in [6.07, 6.45) is 0. The van der Waals surface area contributed by atoms with E-state index in [1.165, 1.54) is 12.1 Å². The Kier molecular flexibility index (Phi) is 6.08. The summed E-state index contributed by atoms with van der Waals surface area (Å²) in [5.41, 5.74) is 0.767. The van der Waals surface area contributed by atoms with Gasteiger partial charge in [0.25, 0.3) is 0 Å². The van der Waals surface area contributed by atoms with Gasteiger partial charge in [-0.25, -0.2) is 13.1 Å². The molecule has 0 spiro atoms. The molecule has 1 N–H and O–H groups in total. The molecule has 27 heavy (non-hydrogen) atoms. The van der Waals surface area contributed by atoms with Crippen LogP contribution >= 0.6 is 0 Å². The van der Waals surface area contributed by atoms with Gasteiger partial charge in [0.15, 0.2) is 23.0 Å². The minimum Gasteiger partial charge on any atom is -0.490 e. The highest BCUT2D eigenvalue weighted by atomic mass is 32.2. The lowest BCUT2D eigenvalue weighted by atomic mass is 10.2. The molecule has 1 aliphatic rings. The Labute approximate surface area is 159 Å². The van der Waals surface area contributed by atoms with Gasteiger partial charge in [0.2, 0.25) is 10.0 Å². The zero-order valence-corrected chi connectivity index (χ0v) is 16.2. The van der Waals surface area contributed by atoms with Crippen LogP contribution < -0.4 is 23.7 Å². The van der Waals surface area contributed by atoms with Crippen LogP contribution in [0.3, 0.4) is 0 Å². The zero-order chi connectivity index (χ0) is 19.3. The number of ether oxygens (including phenoxy) is 4. The van der Waals surface area contributed by atoms with Crippen LogP contribution in [-0.4, -0.2) is 34.8 Å². The molecule has 0 aromatic heterocycles. The molecule has 1 heterocycles. The summed E-state index contributed by atoms with van der Waals surface area (Å²) in [4.78, 5) is 0.128. The molecule has 0 atom stereocenters. The number of benzene rings is 2. The first-order chi connectivity index (χ1) is 13.0. The van der Waals surface area contributed by atoms with E-state index in [4.69, 9.17) is 18.9 Å². The third-order valence-electron chi connectivity index (χ3n) is 3.90. The van der Waals surface area contributed by atoms with Crippen molar-refractivity contribution < 1.29 is 27.4 Å². The zero-order valence-electron chi connectivity index (χ0n) is 15.4. The summed E-state index contributed by atoms with van der Waals surface area (Å²) in [6.45, 7) is 5.78. The molecule has 0 saturated heterocycles. The van der Waals surface area contributed by atoms with Crippen molar-refractivity contribution in [1.82, 2.24) is 4.72 Å². The predicted octanol–water partition coefficient (Wildman–Crippen LogP) is 2.73. The second-order valence-corrected chi connectivity index (χ2v) is 7.54. The van der Waals surface area contributed by atoms with Gasteiger partial charge in [0.05, 0.1) is 18.1 Å². The third kappa shape index (κ3) is 4.64. The molecule has 1 aliphatic heterocycles. The standard InChI is InChI=1S/C19H23NO6S/c1-3-23-16-7-5-14(11-18(16)24-4-2)13-20-27(21,22)15-6-8-17-19(12-15)26-10-9-25-17/h5-8,11-12,20H,3-4,9-10,13H2,1-2H3. The second-order valence-electron chi connectivity index (χ2n) is 5.78. The molecule has 0 saturated carbocycles. The number of hydrogen-bond donors (Lipinski definition) is 1. The maximum absolute atomic E-state index is 12.6. The Hall–Kier alpha value is -2.45. The minimum absolute atomic E-state index is 0.128. The van der Waals surface area contributed by atoms with Crippen molar-refractivity contribution in [2.24, 2.45) is 0 Å². The number of hydrogen-bond acceptors (Lipinski definition) is 6. The Bertz CT molecular complexity index is 897. The SMILES string of the molecule is CCOc1ccc(CNS(=O)(=O)c2ccc3c(c2)OCCO3)cc1OCC. The van der Waals surface area contributed by atoms with Gasteiger partial charge in [-0.05, 0) is 43.7 Å². The molecule has 146 valence electrons. The van der Waals surface area contributed by atoms with E-state index >= 15 is 0 Å². The van der Waals surface area contributed by atoms with E-state index in [1.807, 2.05) is 13.8 Å². The predicted molar refractivity (Wildman–Crippen MR) is 100 cm³/mol. The van der Waals surface area contributed by atoms with Crippen molar-refractivity contribution >= 4 is 10.0 Å². The number of fused-ring (bicyclic) bond motifs is 1. The molecule has 0 aliphatic carbocycles. The Morgan fingerprint density at radius 3 is 2.37 bits per heavy atom. The highest BCUT2D eigenvalue weighted by Crippen LogP contribution is 2.32. The van der Waals surface area contributed by atoms with E-state index in [0.717, 1.165) is 5.56 Å². The van der Waals surface area contributed by atoms with Crippen molar-refractivity contribution in [2.75, 3.05) is 26.4 Å². The van der Waals surface area contributed by atoms with Crippen LogP contribution in [0.1, 0.15) is 19.4 Å². The van der Waals surface area contributed by atoms with Crippen molar-refractivity contribution in [3.05, 3.63) is 42.0 Å². The second kappa shape index (κ2) is 8.49. The van der Waals surface area contributed by atoms with Crippen molar-refractivity contribution in [3.63, 3.8) is 0 Å². The lowest BCUT2D eigenvalue weighted by Gasteiger charge is -2.19. The van der Waals surface area contributed by atoms with E-state index < -0.39 is 10.0 Å². The van der Waals surface area contributed by atoms with Crippen LogP contribution in [0.15, 0.2) is 41.3 Å². The van der Waals surface area contributed by atoms with Crippen LogP contribution in [0.25, 0.3) is 0 Å². The number of nitrogens with one attached hydrogen (secondary N) is 1. The molecule has 0 unspecified atom stereocenters. The smallest absolute Gasteiger partial charge is 0.241 e. The molecule has 0 bridgehead atoms. The number of sulfonamides is 1. The summed E-state index contributed by atoms with van der Waals surface area (Å²) in [7, 11) is -3.70. The fourth-order valence-corrected chi connectivity index (χ4v) is 3.69. The van der Waals surface area contributed by atoms with Crippen LogP contribution in [0.2, 0.25) is 0 Å². The fourth-order valence-electron chi connectivity index (χ4n) is 2.66. The van der Waals surface area contributed by atoms with E-state index in [-0.39, 0.29) is 11.4 Å². The Balaban J connectivity index is 1.74. The first-order valence-corrected chi connectivity index (χ1v) is 10.3. The van der Waals surface area contributed by atoms with Crippen molar-refractivity contribution in [1.29, 1.82) is 0 Å². The van der Waals surface area contributed by atoms with Gasteiger partial charge in [-0.2, -0.15) is 0 Å². The van der Waals surface area contributed by atoms with Crippen LogP contribution in [0.5, 0.6) is 23.0 Å². The molecule has 0 radical (unpaired) electrons. The molecule has 0 amide bonds. The van der Waals surface area contributed by atoms with Gasteiger partial charge in [-0.1, -0.05) is 6.07 Å². The molecule has 0 fully saturated rings. The average molecular weight is 393 g/mol. The highest BCUT2D eigenvalue weighted by Gasteiger charge is 2.19. The molecular formula is C19H23NO6S. The topological polar surface area (TPSA) is 83.1 Å². The highest BCUT2D eigenvalue weighted by molar-refractivity contribution is 7.89. The first-order valence-electron chi connectivity index (χ1n) is 8.81. The molecular weight excluding hydrogens is 370 g/mol. The maximum atomic E-state index is 12.6. The van der Waals surface area contributed by atoms with E-state index in [2.05, 4.69) is 4.72 Å². The summed E-state index contributed by atoms with van der Waals surface area (Å²) >= 11 is 0. The van der Waals surface area contributed by atoms with Gasteiger partial charge in [-0.15, -0.1) is 0 Å². The summed E-state index contributed by atoms with van der Waals surface area (Å²) in [5, 5.41) is 0. The largest absolute Gasteiger partial charge is 0.490 e. The first kappa shape index (κ1) is 19.3. The van der Waals surface area contributed by atoms with Crippen LogP contribution in [0, 0.1) is 0 Å². The Morgan fingerprint density at radius 1 is 0.926 bits per heavy atom. The van der Waals surface area contributed by atoms with Gasteiger partial charge in [-0.3, -0.25) is 0 Å². The quantitative estimate of drug-likeness (QED) is 0.743. The molecule has 2 aromatic carbocycles. The van der Waals surface area contributed by atoms with E-state index in [9.17, 15) is 8.42 Å². The van der Waals surface area contributed by atoms with Crippen molar-refractivity contribution in [3.8, 4) is 23.0 Å². The molecule has 7 nitrogen and oxygen atoms in total. The summed E-state index contributed by atoms with van der Waals surface area (Å²) < 4.78 is 49.8. The maximum Gasteiger partial charge on any atom is 0.241 e. The molecule has 2 aromatic rings. The van der Waals surface area contributed by atoms with Gasteiger partial charge < -0.3 is 18.9 Å². The average Bonchev–Trinajstić information content (AvgIpc) is 2.68. The monoisotopic (exact) mass is 393 g/mol. The van der Waals surface area contributed by atoms with Crippen LogP contribution in [0.4, 0.5) is 0 Å². The van der Waals surface area contributed by atoms with Gasteiger partial charge in [0.1, 0.15) is 13.2 Å². The van der Waals surface area contributed by atoms with Gasteiger partial charge in [0, 0.05) is 12.6 Å². The Morgan fingerprint density at radius 2 is 1.63 bits per heavy atom. The fraction of sp³-hybridized carbons (Fsp3) is 0.368. The minimum atomic E-state index is -3.70. The van der Waals surface area contributed by atoms with Crippen LogP contribution in [-0.2, 0) is 16.6 Å². The van der Waals surface area contributed by atoms with E-state index in [1.54, 1.807) is 24.3 Å². The third-order valence-corrected chi connectivity index (χ3v) is 5.30. The lowest BCUT2D eigenvalue weighted by Crippen LogP contribution is -2.24. The summed E-state index contributed by atoms with van der Waals surface area (Å²) in [6, 6.07) is 9.94.